The van der Waals surface area contributed by atoms with Gasteiger partial charge in [0, 0.05) is 5.69 Å². The molecule has 100 valence electrons. The second-order valence-electron chi connectivity index (χ2n) is 4.57. The average Bonchev–Trinajstić information content (AvgIpc) is 2.44. The Balaban J connectivity index is 2.06. The van der Waals surface area contributed by atoms with Crippen molar-refractivity contribution in [2.24, 2.45) is 0 Å². The average molecular weight is 256 g/mol. The Hall–Kier alpha value is -1.87. The molecule has 0 saturated heterocycles. The minimum absolute atomic E-state index is 0.0407. The van der Waals surface area contributed by atoms with Gasteiger partial charge < -0.3 is 5.32 Å². The fraction of sp³-hybridized carbons (Fsp3) is 0.312. The number of carbonyl (C=O) groups is 1. The van der Waals surface area contributed by atoms with Crippen LogP contribution in [0.25, 0.3) is 10.8 Å². The maximum atomic E-state index is 11.9. The summed E-state index contributed by atoms with van der Waals surface area (Å²) in [6, 6.07) is 14.1. The lowest BCUT2D eigenvalue weighted by molar-refractivity contribution is -0.117. The molecule has 0 fully saturated rings. The zero-order valence-corrected chi connectivity index (χ0v) is 11.5. The zero-order chi connectivity index (χ0) is 13.7. The minimum atomic E-state index is 0.0407. The molecule has 19 heavy (non-hydrogen) atoms. The quantitative estimate of drug-likeness (QED) is 0.891. The minimum Gasteiger partial charge on any atom is -0.325 e. The summed E-state index contributed by atoms with van der Waals surface area (Å²) in [6.07, 6.45) is 0. The molecule has 0 atom stereocenters. The van der Waals surface area contributed by atoms with Crippen molar-refractivity contribution < 1.29 is 4.79 Å². The van der Waals surface area contributed by atoms with Crippen molar-refractivity contribution in [1.82, 2.24) is 4.90 Å². The number of amides is 1. The summed E-state index contributed by atoms with van der Waals surface area (Å²) < 4.78 is 0. The van der Waals surface area contributed by atoms with Gasteiger partial charge in [0.1, 0.15) is 0 Å². The summed E-state index contributed by atoms with van der Waals surface area (Å²) in [5.41, 5.74) is 0.857. The normalized spacial score (nSPS) is 10.9. The summed E-state index contributed by atoms with van der Waals surface area (Å²) in [5.74, 6) is 0.0407. The summed E-state index contributed by atoms with van der Waals surface area (Å²) >= 11 is 0. The number of benzene rings is 2. The molecule has 0 bridgehead atoms. The van der Waals surface area contributed by atoms with Crippen LogP contribution >= 0.6 is 0 Å². The fourth-order valence-electron chi connectivity index (χ4n) is 2.12. The van der Waals surface area contributed by atoms with Crippen molar-refractivity contribution in [2.75, 3.05) is 25.0 Å². The molecule has 0 aliphatic rings. The maximum Gasteiger partial charge on any atom is 0.238 e. The van der Waals surface area contributed by atoms with Gasteiger partial charge in [-0.15, -0.1) is 0 Å². The van der Waals surface area contributed by atoms with Gasteiger partial charge in [-0.25, -0.2) is 0 Å². The van der Waals surface area contributed by atoms with E-state index in [1.807, 2.05) is 30.3 Å². The Morgan fingerprint density at radius 2 is 1.74 bits per heavy atom. The summed E-state index contributed by atoms with van der Waals surface area (Å²) in [4.78, 5) is 14.0. The van der Waals surface area contributed by atoms with Gasteiger partial charge in [0.2, 0.25) is 5.91 Å². The van der Waals surface area contributed by atoms with Gasteiger partial charge in [-0.3, -0.25) is 9.69 Å². The number of nitrogens with one attached hydrogen (secondary N) is 1. The van der Waals surface area contributed by atoms with Crippen molar-refractivity contribution in [3.63, 3.8) is 0 Å². The number of hydrogen-bond donors (Lipinski definition) is 1. The van der Waals surface area contributed by atoms with Gasteiger partial charge in [-0.05, 0) is 36.0 Å². The second kappa shape index (κ2) is 6.34. The standard InChI is InChI=1S/C16H20N2O/c1-3-18(4-2)12-16(19)17-15-10-9-13-7-5-6-8-14(13)11-15/h5-11H,3-4,12H2,1-2H3,(H,17,19). The lowest BCUT2D eigenvalue weighted by Crippen LogP contribution is -2.32. The molecule has 2 aromatic carbocycles. The number of rotatable bonds is 5. The van der Waals surface area contributed by atoms with Gasteiger partial charge in [0.05, 0.1) is 6.54 Å². The lowest BCUT2D eigenvalue weighted by atomic mass is 10.1. The predicted molar refractivity (Wildman–Crippen MR) is 80.4 cm³/mol. The third-order valence-electron chi connectivity index (χ3n) is 3.29. The molecule has 0 unspecified atom stereocenters. The molecular formula is C16H20N2O. The number of anilines is 1. The Bertz CT molecular complexity index is 561. The largest absolute Gasteiger partial charge is 0.325 e. The van der Waals surface area contributed by atoms with E-state index in [1.165, 1.54) is 5.39 Å². The van der Waals surface area contributed by atoms with Gasteiger partial charge in [-0.2, -0.15) is 0 Å². The fourth-order valence-corrected chi connectivity index (χ4v) is 2.12. The third-order valence-corrected chi connectivity index (χ3v) is 3.29. The smallest absolute Gasteiger partial charge is 0.238 e. The van der Waals surface area contributed by atoms with Crippen LogP contribution in [0.3, 0.4) is 0 Å². The van der Waals surface area contributed by atoms with Gasteiger partial charge in [0.25, 0.3) is 0 Å². The molecule has 0 radical (unpaired) electrons. The number of nitrogens with zero attached hydrogens (tertiary/aromatic N) is 1. The Labute approximate surface area is 114 Å². The molecule has 0 aliphatic heterocycles. The van der Waals surface area contributed by atoms with Crippen LogP contribution in [0, 0.1) is 0 Å². The van der Waals surface area contributed by atoms with Crippen molar-refractivity contribution >= 4 is 22.4 Å². The van der Waals surface area contributed by atoms with Crippen LogP contribution in [0.1, 0.15) is 13.8 Å². The van der Waals surface area contributed by atoms with Crippen molar-refractivity contribution in [3.8, 4) is 0 Å². The first-order valence-electron chi connectivity index (χ1n) is 6.74. The van der Waals surface area contributed by atoms with Crippen LogP contribution in [0.2, 0.25) is 0 Å². The van der Waals surface area contributed by atoms with E-state index in [2.05, 4.69) is 36.2 Å². The van der Waals surface area contributed by atoms with Gasteiger partial charge in [-0.1, -0.05) is 44.2 Å². The van der Waals surface area contributed by atoms with Gasteiger partial charge in [0.15, 0.2) is 0 Å². The van der Waals surface area contributed by atoms with Crippen LogP contribution in [0.4, 0.5) is 5.69 Å². The maximum absolute atomic E-state index is 11.9. The van der Waals surface area contributed by atoms with Crippen molar-refractivity contribution in [1.29, 1.82) is 0 Å². The van der Waals surface area contributed by atoms with E-state index >= 15 is 0 Å². The highest BCUT2D eigenvalue weighted by Crippen LogP contribution is 2.18. The Kier molecular flexibility index (Phi) is 4.53. The third kappa shape index (κ3) is 3.55. The molecule has 0 saturated carbocycles. The monoisotopic (exact) mass is 256 g/mol. The van der Waals surface area contributed by atoms with Gasteiger partial charge >= 0.3 is 0 Å². The molecular weight excluding hydrogens is 236 g/mol. The lowest BCUT2D eigenvalue weighted by Gasteiger charge is -2.17. The van der Waals surface area contributed by atoms with E-state index in [0.29, 0.717) is 6.54 Å². The molecule has 1 amide bonds. The first kappa shape index (κ1) is 13.6. The van der Waals surface area contributed by atoms with E-state index in [4.69, 9.17) is 0 Å². The molecule has 0 aliphatic carbocycles. The number of likely N-dealkylation sites (N-methyl/N-ethyl adjacent to an activating group) is 1. The summed E-state index contributed by atoms with van der Waals surface area (Å²) in [6.45, 7) is 6.35. The predicted octanol–water partition coefficient (Wildman–Crippen LogP) is 3.12. The van der Waals surface area contributed by atoms with E-state index in [0.717, 1.165) is 24.2 Å². The molecule has 2 aromatic rings. The highest BCUT2D eigenvalue weighted by atomic mass is 16.2. The highest BCUT2D eigenvalue weighted by molar-refractivity contribution is 5.95. The SMILES string of the molecule is CCN(CC)CC(=O)Nc1ccc2ccccc2c1. The van der Waals surface area contributed by atoms with E-state index in [9.17, 15) is 4.79 Å². The highest BCUT2D eigenvalue weighted by Gasteiger charge is 2.07. The molecule has 0 spiro atoms. The van der Waals surface area contributed by atoms with Crippen LogP contribution in [0.15, 0.2) is 42.5 Å². The number of carbonyl (C=O) groups excluding carboxylic acids is 1. The van der Waals surface area contributed by atoms with Crippen LogP contribution < -0.4 is 5.32 Å². The molecule has 0 aromatic heterocycles. The van der Waals surface area contributed by atoms with Crippen LogP contribution in [-0.2, 0) is 4.79 Å². The first-order valence-corrected chi connectivity index (χ1v) is 6.74. The number of fused-ring (bicyclic) bond motifs is 1. The summed E-state index contributed by atoms with van der Waals surface area (Å²) in [5, 5.41) is 5.28. The zero-order valence-electron chi connectivity index (χ0n) is 11.5. The van der Waals surface area contributed by atoms with Crippen molar-refractivity contribution in [2.45, 2.75) is 13.8 Å². The Morgan fingerprint density at radius 3 is 2.42 bits per heavy atom. The summed E-state index contributed by atoms with van der Waals surface area (Å²) in [7, 11) is 0. The molecule has 3 heteroatoms. The second-order valence-corrected chi connectivity index (χ2v) is 4.57. The first-order chi connectivity index (χ1) is 9.22. The molecule has 1 N–H and O–H groups in total. The Morgan fingerprint density at radius 1 is 1.05 bits per heavy atom. The van der Waals surface area contributed by atoms with Crippen LogP contribution in [0.5, 0.6) is 0 Å². The van der Waals surface area contributed by atoms with E-state index in [1.54, 1.807) is 0 Å². The molecule has 0 heterocycles. The van der Waals surface area contributed by atoms with Crippen molar-refractivity contribution in [3.05, 3.63) is 42.5 Å². The molecule has 2 rings (SSSR count). The number of hydrogen-bond acceptors (Lipinski definition) is 2. The topological polar surface area (TPSA) is 32.3 Å². The van der Waals surface area contributed by atoms with E-state index in [-0.39, 0.29) is 5.91 Å². The van der Waals surface area contributed by atoms with Crippen LogP contribution in [-0.4, -0.2) is 30.4 Å². The van der Waals surface area contributed by atoms with E-state index < -0.39 is 0 Å². The molecule has 3 nitrogen and oxygen atoms in total.